The van der Waals surface area contributed by atoms with Gasteiger partial charge < -0.3 is 11.1 Å². The minimum atomic E-state index is 0.623. The lowest BCUT2D eigenvalue weighted by Gasteiger charge is -2.06. The summed E-state index contributed by atoms with van der Waals surface area (Å²) in [6, 6.07) is 7.84. The van der Waals surface area contributed by atoms with Crippen molar-refractivity contribution in [2.75, 3.05) is 17.6 Å². The minimum Gasteiger partial charge on any atom is -0.399 e. The molecule has 1 aromatic carbocycles. The van der Waals surface area contributed by atoms with Crippen LogP contribution in [0, 0.1) is 0 Å². The standard InChI is InChI=1S/C12H13N7/c13-10-3-1-9(2-4-10)5-6-15-11-7-14-8-12-16-17-18-19(11)12/h1-4,7-8,15H,5-6,13H2. The van der Waals surface area contributed by atoms with Gasteiger partial charge in [0.1, 0.15) is 5.82 Å². The summed E-state index contributed by atoms with van der Waals surface area (Å²) < 4.78 is 1.62. The fourth-order valence-corrected chi connectivity index (χ4v) is 1.82. The molecular formula is C12H13N7. The highest BCUT2D eigenvalue weighted by molar-refractivity contribution is 5.44. The Kier molecular flexibility index (Phi) is 2.93. The van der Waals surface area contributed by atoms with Crippen molar-refractivity contribution in [3.8, 4) is 0 Å². The Labute approximate surface area is 109 Å². The maximum Gasteiger partial charge on any atom is 0.199 e. The van der Waals surface area contributed by atoms with Crippen molar-refractivity contribution < 1.29 is 0 Å². The number of nitrogens with zero attached hydrogens (tertiary/aromatic N) is 5. The number of hydrogen-bond acceptors (Lipinski definition) is 6. The monoisotopic (exact) mass is 255 g/mol. The molecule has 7 heteroatoms. The van der Waals surface area contributed by atoms with E-state index in [1.165, 1.54) is 5.56 Å². The Morgan fingerprint density at radius 1 is 1.16 bits per heavy atom. The first kappa shape index (κ1) is 11.4. The van der Waals surface area contributed by atoms with Gasteiger partial charge in [0.15, 0.2) is 5.65 Å². The zero-order valence-electron chi connectivity index (χ0n) is 10.2. The molecule has 0 atom stereocenters. The largest absolute Gasteiger partial charge is 0.399 e. The first-order valence-corrected chi connectivity index (χ1v) is 5.93. The zero-order chi connectivity index (χ0) is 13.1. The summed E-state index contributed by atoms with van der Waals surface area (Å²) in [7, 11) is 0. The maximum atomic E-state index is 5.65. The SMILES string of the molecule is Nc1ccc(CCNc2cncc3nnnn23)cc1. The van der Waals surface area contributed by atoms with Crippen LogP contribution in [0.4, 0.5) is 11.5 Å². The van der Waals surface area contributed by atoms with Crippen molar-refractivity contribution in [1.82, 2.24) is 25.0 Å². The number of fused-ring (bicyclic) bond motifs is 1. The van der Waals surface area contributed by atoms with Gasteiger partial charge in [-0.3, -0.25) is 4.98 Å². The smallest absolute Gasteiger partial charge is 0.199 e. The highest BCUT2D eigenvalue weighted by Gasteiger charge is 2.02. The molecule has 96 valence electrons. The zero-order valence-corrected chi connectivity index (χ0v) is 10.2. The van der Waals surface area contributed by atoms with Crippen LogP contribution in [0.3, 0.4) is 0 Å². The molecule has 0 aliphatic heterocycles. The van der Waals surface area contributed by atoms with Gasteiger partial charge in [0, 0.05) is 12.2 Å². The second-order valence-electron chi connectivity index (χ2n) is 4.16. The van der Waals surface area contributed by atoms with Crippen LogP contribution in [0.25, 0.3) is 5.65 Å². The quantitative estimate of drug-likeness (QED) is 0.668. The van der Waals surface area contributed by atoms with Gasteiger partial charge in [-0.25, -0.2) is 0 Å². The van der Waals surface area contributed by atoms with E-state index < -0.39 is 0 Å². The van der Waals surface area contributed by atoms with Gasteiger partial charge in [0.2, 0.25) is 0 Å². The highest BCUT2D eigenvalue weighted by Crippen LogP contribution is 2.08. The average molecular weight is 255 g/mol. The van der Waals surface area contributed by atoms with Crippen LogP contribution in [0.15, 0.2) is 36.7 Å². The average Bonchev–Trinajstić information content (AvgIpc) is 2.90. The van der Waals surface area contributed by atoms with E-state index in [1.807, 2.05) is 24.3 Å². The number of aromatic nitrogens is 5. The summed E-state index contributed by atoms with van der Waals surface area (Å²) in [5.41, 5.74) is 8.27. The number of anilines is 2. The molecule has 0 aliphatic carbocycles. The molecular weight excluding hydrogens is 242 g/mol. The van der Waals surface area contributed by atoms with Gasteiger partial charge in [0.25, 0.3) is 0 Å². The third-order valence-electron chi connectivity index (χ3n) is 2.81. The van der Waals surface area contributed by atoms with Crippen LogP contribution in [0.2, 0.25) is 0 Å². The molecule has 0 amide bonds. The maximum absolute atomic E-state index is 5.65. The fourth-order valence-electron chi connectivity index (χ4n) is 1.82. The molecule has 3 rings (SSSR count). The number of nitrogens with one attached hydrogen (secondary N) is 1. The van der Waals surface area contributed by atoms with Crippen molar-refractivity contribution in [2.24, 2.45) is 0 Å². The van der Waals surface area contributed by atoms with Crippen molar-refractivity contribution in [1.29, 1.82) is 0 Å². The van der Waals surface area contributed by atoms with E-state index in [1.54, 1.807) is 16.9 Å². The summed E-state index contributed by atoms with van der Waals surface area (Å²) in [4.78, 5) is 4.08. The molecule has 7 nitrogen and oxygen atoms in total. The van der Waals surface area contributed by atoms with Gasteiger partial charge in [0.05, 0.1) is 12.4 Å². The molecule has 0 saturated carbocycles. The molecule has 2 aromatic heterocycles. The van der Waals surface area contributed by atoms with E-state index in [-0.39, 0.29) is 0 Å². The number of hydrogen-bond donors (Lipinski definition) is 2. The number of tetrazole rings is 1. The van der Waals surface area contributed by atoms with E-state index in [0.717, 1.165) is 24.5 Å². The molecule has 0 spiro atoms. The summed E-state index contributed by atoms with van der Waals surface area (Å²) in [6.07, 6.45) is 4.20. The van der Waals surface area contributed by atoms with Crippen molar-refractivity contribution in [3.05, 3.63) is 42.2 Å². The Bertz CT molecular complexity index is 674. The van der Waals surface area contributed by atoms with Crippen LogP contribution in [-0.4, -0.2) is 31.6 Å². The molecule has 0 saturated heterocycles. The molecule has 0 bridgehead atoms. The van der Waals surface area contributed by atoms with Crippen molar-refractivity contribution in [2.45, 2.75) is 6.42 Å². The Hall–Kier alpha value is -2.70. The van der Waals surface area contributed by atoms with Gasteiger partial charge >= 0.3 is 0 Å². The number of benzene rings is 1. The van der Waals surface area contributed by atoms with E-state index >= 15 is 0 Å². The summed E-state index contributed by atoms with van der Waals surface area (Å²) in [5.74, 6) is 0.776. The third-order valence-corrected chi connectivity index (χ3v) is 2.81. The van der Waals surface area contributed by atoms with Crippen LogP contribution in [0.1, 0.15) is 5.56 Å². The Morgan fingerprint density at radius 3 is 2.84 bits per heavy atom. The van der Waals surface area contributed by atoms with Crippen molar-refractivity contribution in [3.63, 3.8) is 0 Å². The molecule has 0 unspecified atom stereocenters. The van der Waals surface area contributed by atoms with Crippen LogP contribution in [-0.2, 0) is 6.42 Å². The topological polar surface area (TPSA) is 94.0 Å². The number of rotatable bonds is 4. The predicted octanol–water partition coefficient (Wildman–Crippen LogP) is 0.756. The lowest BCUT2D eigenvalue weighted by atomic mass is 10.1. The van der Waals surface area contributed by atoms with E-state index in [2.05, 4.69) is 25.8 Å². The molecule has 3 N–H and O–H groups in total. The summed E-state index contributed by atoms with van der Waals surface area (Å²) in [5, 5.41) is 14.6. The van der Waals surface area contributed by atoms with E-state index in [4.69, 9.17) is 5.73 Å². The van der Waals surface area contributed by atoms with E-state index in [9.17, 15) is 0 Å². The molecule has 19 heavy (non-hydrogen) atoms. The Balaban J connectivity index is 1.66. The predicted molar refractivity (Wildman–Crippen MR) is 71.6 cm³/mol. The second-order valence-corrected chi connectivity index (χ2v) is 4.16. The van der Waals surface area contributed by atoms with Gasteiger partial charge in [-0.1, -0.05) is 12.1 Å². The molecule has 3 aromatic rings. The first-order chi connectivity index (χ1) is 9.33. The molecule has 0 radical (unpaired) electrons. The summed E-state index contributed by atoms with van der Waals surface area (Å²) >= 11 is 0. The fraction of sp³-hybridized carbons (Fsp3) is 0.167. The van der Waals surface area contributed by atoms with Crippen molar-refractivity contribution >= 4 is 17.2 Å². The molecule has 0 aliphatic rings. The number of nitrogens with two attached hydrogens (primary N) is 1. The van der Waals surface area contributed by atoms with Crippen LogP contribution in [0.5, 0.6) is 0 Å². The van der Waals surface area contributed by atoms with Crippen LogP contribution >= 0.6 is 0 Å². The van der Waals surface area contributed by atoms with E-state index in [0.29, 0.717) is 5.65 Å². The van der Waals surface area contributed by atoms with Crippen LogP contribution < -0.4 is 11.1 Å². The highest BCUT2D eigenvalue weighted by atomic mass is 15.5. The second kappa shape index (κ2) is 4.89. The Morgan fingerprint density at radius 2 is 2.00 bits per heavy atom. The van der Waals surface area contributed by atoms with Gasteiger partial charge in [-0.15, -0.1) is 5.10 Å². The lowest BCUT2D eigenvalue weighted by molar-refractivity contribution is 0.818. The third kappa shape index (κ3) is 2.44. The normalized spacial score (nSPS) is 10.7. The van der Waals surface area contributed by atoms with Gasteiger partial charge in [-0.2, -0.15) is 4.52 Å². The number of nitrogen functional groups attached to an aromatic ring is 1. The molecule has 2 heterocycles. The summed E-state index contributed by atoms with van der Waals surface area (Å²) in [6.45, 7) is 0.768. The van der Waals surface area contributed by atoms with Gasteiger partial charge in [-0.05, 0) is 34.5 Å². The lowest BCUT2D eigenvalue weighted by Crippen LogP contribution is -2.09. The molecule has 0 fully saturated rings. The first-order valence-electron chi connectivity index (χ1n) is 5.93. The minimum absolute atomic E-state index is 0.623.